The number of aromatic nitrogens is 3. The van der Waals surface area contributed by atoms with Crippen molar-refractivity contribution in [3.05, 3.63) is 53.6 Å². The Morgan fingerprint density at radius 1 is 1.19 bits per heavy atom. The minimum absolute atomic E-state index is 0.0972. The molecule has 4 rings (SSSR count). The highest BCUT2D eigenvalue weighted by Gasteiger charge is 2.19. The van der Waals surface area contributed by atoms with E-state index in [-0.39, 0.29) is 11.9 Å². The van der Waals surface area contributed by atoms with Gasteiger partial charge >= 0.3 is 6.15 Å². The molecular weight excluding hydrogens is 408 g/mol. The van der Waals surface area contributed by atoms with Gasteiger partial charge in [-0.2, -0.15) is 9.59 Å². The highest BCUT2D eigenvalue weighted by atomic mass is 16.5. The van der Waals surface area contributed by atoms with E-state index in [1.165, 1.54) is 19.3 Å². The second-order valence-corrected chi connectivity index (χ2v) is 7.62. The topological polar surface area (TPSA) is 93.9 Å². The van der Waals surface area contributed by atoms with Crippen molar-refractivity contribution >= 4 is 23.4 Å². The monoisotopic (exact) mass is 436 g/mol. The fourth-order valence-electron chi connectivity index (χ4n) is 4.05. The lowest BCUT2D eigenvalue weighted by molar-refractivity contribution is -0.191. The first kappa shape index (κ1) is 23.2. The fourth-order valence-corrected chi connectivity index (χ4v) is 4.05. The van der Waals surface area contributed by atoms with Crippen LogP contribution >= 0.6 is 0 Å². The van der Waals surface area contributed by atoms with E-state index in [0.29, 0.717) is 36.5 Å². The standard InChI is InChI=1S/C23H28N4O2.CO2/c1-3-29-20-8-7-15-27-22(17(2)25-23(20)27)19(28)10-9-18-11-12-24-21(16-18)26-13-5-4-6-14-26;2-1-3/h7-8,11-12,15-16H,3-6,9-10,13-14H2,1-2H3;. The van der Waals surface area contributed by atoms with Crippen LogP contribution in [0, 0.1) is 6.92 Å². The number of carbonyl (C=O) groups excluding carboxylic acids is 3. The summed E-state index contributed by atoms with van der Waals surface area (Å²) in [6, 6.07) is 7.92. The maximum absolute atomic E-state index is 13.0. The zero-order valence-corrected chi connectivity index (χ0v) is 18.5. The summed E-state index contributed by atoms with van der Waals surface area (Å²) < 4.78 is 7.52. The molecule has 8 heteroatoms. The van der Waals surface area contributed by atoms with Crippen LogP contribution in [-0.4, -0.2) is 46.0 Å². The van der Waals surface area contributed by atoms with Crippen LogP contribution < -0.4 is 9.64 Å². The predicted molar refractivity (Wildman–Crippen MR) is 119 cm³/mol. The van der Waals surface area contributed by atoms with Gasteiger partial charge < -0.3 is 9.64 Å². The van der Waals surface area contributed by atoms with Crippen molar-refractivity contribution in [1.29, 1.82) is 0 Å². The van der Waals surface area contributed by atoms with Crippen LogP contribution in [0.5, 0.6) is 5.75 Å². The number of fused-ring (bicyclic) bond motifs is 1. The molecule has 0 bridgehead atoms. The molecule has 0 aliphatic carbocycles. The third-order valence-corrected chi connectivity index (χ3v) is 5.48. The Morgan fingerprint density at radius 2 is 1.94 bits per heavy atom. The fraction of sp³-hybridized carbons (Fsp3) is 0.417. The molecule has 0 atom stereocenters. The van der Waals surface area contributed by atoms with E-state index < -0.39 is 0 Å². The van der Waals surface area contributed by atoms with Crippen LogP contribution in [0.1, 0.15) is 54.4 Å². The predicted octanol–water partition coefficient (Wildman–Crippen LogP) is 3.66. The molecule has 0 aromatic carbocycles. The van der Waals surface area contributed by atoms with Gasteiger partial charge in [0.05, 0.1) is 12.3 Å². The van der Waals surface area contributed by atoms with E-state index in [1.54, 1.807) is 0 Å². The van der Waals surface area contributed by atoms with Crippen molar-refractivity contribution < 1.29 is 19.1 Å². The number of aryl methyl sites for hydroxylation is 2. The van der Waals surface area contributed by atoms with Crippen molar-refractivity contribution in [2.75, 3.05) is 24.6 Å². The van der Waals surface area contributed by atoms with Crippen LogP contribution in [-0.2, 0) is 16.0 Å². The molecule has 4 heterocycles. The summed E-state index contributed by atoms with van der Waals surface area (Å²) in [5, 5.41) is 0. The Labute approximate surface area is 187 Å². The molecule has 1 saturated heterocycles. The highest BCUT2D eigenvalue weighted by Crippen LogP contribution is 2.24. The van der Waals surface area contributed by atoms with Crippen LogP contribution in [0.2, 0.25) is 0 Å². The van der Waals surface area contributed by atoms with Gasteiger partial charge in [0.25, 0.3) is 0 Å². The van der Waals surface area contributed by atoms with E-state index >= 15 is 0 Å². The number of piperidine rings is 1. The minimum atomic E-state index is 0.0972. The number of anilines is 1. The van der Waals surface area contributed by atoms with E-state index in [0.717, 1.165) is 30.2 Å². The Hall–Kier alpha value is -3.51. The molecule has 3 aromatic heterocycles. The molecule has 0 N–H and O–H groups in total. The van der Waals surface area contributed by atoms with Crippen LogP contribution in [0.3, 0.4) is 0 Å². The summed E-state index contributed by atoms with van der Waals surface area (Å²) in [6.45, 7) is 6.53. The minimum Gasteiger partial charge on any atom is -0.490 e. The smallest absolute Gasteiger partial charge is 0.373 e. The third-order valence-electron chi connectivity index (χ3n) is 5.48. The first-order valence-corrected chi connectivity index (χ1v) is 10.9. The Bertz CT molecular complexity index is 1100. The molecule has 1 aliphatic rings. The number of hydrogen-bond donors (Lipinski definition) is 0. The molecule has 1 fully saturated rings. The SMILES string of the molecule is CCOc1cccn2c(C(=O)CCc3ccnc(N4CCCCC4)c3)c(C)nc12.O=C=O. The van der Waals surface area contributed by atoms with Crippen molar-refractivity contribution in [3.63, 3.8) is 0 Å². The van der Waals surface area contributed by atoms with E-state index in [1.807, 2.05) is 48.8 Å². The largest absolute Gasteiger partial charge is 0.490 e. The third kappa shape index (κ3) is 5.39. The Balaban J connectivity index is 0.000000913. The average molecular weight is 437 g/mol. The van der Waals surface area contributed by atoms with Gasteiger partial charge in [-0.1, -0.05) is 0 Å². The van der Waals surface area contributed by atoms with E-state index in [2.05, 4.69) is 20.9 Å². The van der Waals surface area contributed by atoms with Gasteiger partial charge in [-0.15, -0.1) is 0 Å². The maximum Gasteiger partial charge on any atom is 0.373 e. The van der Waals surface area contributed by atoms with E-state index in [9.17, 15) is 4.79 Å². The lowest BCUT2D eigenvalue weighted by Gasteiger charge is -2.27. The average Bonchev–Trinajstić information content (AvgIpc) is 3.16. The molecule has 0 saturated carbocycles. The molecule has 0 radical (unpaired) electrons. The second kappa shape index (κ2) is 11.2. The van der Waals surface area contributed by atoms with Gasteiger partial charge in [-0.25, -0.2) is 9.97 Å². The molecular formula is C24H28N4O4. The van der Waals surface area contributed by atoms with E-state index in [4.69, 9.17) is 14.3 Å². The van der Waals surface area contributed by atoms with Crippen molar-refractivity contribution in [2.24, 2.45) is 0 Å². The van der Waals surface area contributed by atoms with Crippen LogP contribution in [0.25, 0.3) is 5.65 Å². The number of imidazole rings is 1. The lowest BCUT2D eigenvalue weighted by Crippen LogP contribution is -2.30. The summed E-state index contributed by atoms with van der Waals surface area (Å²) in [7, 11) is 0. The number of rotatable bonds is 7. The molecule has 0 amide bonds. The van der Waals surface area contributed by atoms with Gasteiger partial charge in [-0.05, 0) is 69.4 Å². The van der Waals surface area contributed by atoms with Gasteiger partial charge in [0.1, 0.15) is 11.5 Å². The maximum atomic E-state index is 13.0. The molecule has 168 valence electrons. The Morgan fingerprint density at radius 3 is 2.66 bits per heavy atom. The zero-order valence-electron chi connectivity index (χ0n) is 18.5. The van der Waals surface area contributed by atoms with Crippen LogP contribution in [0.4, 0.5) is 5.82 Å². The number of nitrogens with zero attached hydrogens (tertiary/aromatic N) is 4. The number of ether oxygens (including phenoxy) is 1. The zero-order chi connectivity index (χ0) is 22.9. The molecule has 1 aliphatic heterocycles. The number of carbonyl (C=O) groups is 1. The normalized spacial score (nSPS) is 13.2. The van der Waals surface area contributed by atoms with Crippen LogP contribution in [0.15, 0.2) is 36.7 Å². The molecule has 8 nitrogen and oxygen atoms in total. The first-order valence-electron chi connectivity index (χ1n) is 10.9. The highest BCUT2D eigenvalue weighted by molar-refractivity contribution is 5.96. The van der Waals surface area contributed by atoms with Crippen molar-refractivity contribution in [3.8, 4) is 5.75 Å². The van der Waals surface area contributed by atoms with Gasteiger partial charge in [-0.3, -0.25) is 9.20 Å². The molecule has 32 heavy (non-hydrogen) atoms. The first-order chi connectivity index (χ1) is 15.6. The van der Waals surface area contributed by atoms with Gasteiger partial charge in [0, 0.05) is 31.9 Å². The number of pyridine rings is 2. The molecule has 0 spiro atoms. The molecule has 0 unspecified atom stereocenters. The summed E-state index contributed by atoms with van der Waals surface area (Å²) in [5.41, 5.74) is 3.24. The second-order valence-electron chi connectivity index (χ2n) is 7.62. The number of ketones is 1. The number of hydrogen-bond acceptors (Lipinski definition) is 7. The van der Waals surface area contributed by atoms with Crippen molar-refractivity contribution in [2.45, 2.75) is 46.0 Å². The quantitative estimate of drug-likeness (QED) is 0.522. The Kier molecular flexibility index (Phi) is 8.11. The molecule has 3 aromatic rings. The summed E-state index contributed by atoms with van der Waals surface area (Å²) >= 11 is 0. The van der Waals surface area contributed by atoms with Gasteiger partial charge in [0.2, 0.25) is 0 Å². The van der Waals surface area contributed by atoms with Gasteiger partial charge in [0.15, 0.2) is 17.2 Å². The van der Waals surface area contributed by atoms with Crippen molar-refractivity contribution in [1.82, 2.24) is 14.4 Å². The number of Topliss-reactive ketones (excluding diaryl/α,β-unsaturated/α-hetero) is 1. The summed E-state index contributed by atoms with van der Waals surface area (Å²) in [5.74, 6) is 1.83. The lowest BCUT2D eigenvalue weighted by atomic mass is 10.1. The summed E-state index contributed by atoms with van der Waals surface area (Å²) in [6.07, 6.45) is 8.87. The summed E-state index contributed by atoms with van der Waals surface area (Å²) in [4.78, 5) is 40.8.